The van der Waals surface area contributed by atoms with Gasteiger partial charge in [0.25, 0.3) is 5.91 Å². The maximum absolute atomic E-state index is 14.3. The number of fused-ring (bicyclic) bond motifs is 1. The number of hydrogen-bond donors (Lipinski definition) is 3. The van der Waals surface area contributed by atoms with Crippen LogP contribution in [0.4, 0.5) is 22.7 Å². The second kappa shape index (κ2) is 10.4. The van der Waals surface area contributed by atoms with Crippen molar-refractivity contribution in [1.29, 1.82) is 0 Å². The molecule has 0 spiro atoms. The Hall–Kier alpha value is -2.23. The van der Waals surface area contributed by atoms with E-state index in [2.05, 4.69) is 15.3 Å². The van der Waals surface area contributed by atoms with Crippen molar-refractivity contribution >= 4 is 70.4 Å². The predicted octanol–water partition coefficient (Wildman–Crippen LogP) is 4.75. The number of thiazole rings is 1. The molecule has 3 aromatic rings. The first-order valence-corrected chi connectivity index (χ1v) is 12.6. The van der Waals surface area contributed by atoms with Crippen LogP contribution >= 0.6 is 34.5 Å². The zero-order valence-corrected chi connectivity index (χ0v) is 21.2. The number of halogens is 6. The fraction of sp³-hybridized carbons (Fsp3) is 0.348. The fourth-order valence-electron chi connectivity index (χ4n) is 4.68. The first-order valence-electron chi connectivity index (χ1n) is 11.0. The average Bonchev–Trinajstić information content (AvgIpc) is 3.19. The summed E-state index contributed by atoms with van der Waals surface area (Å²) in [6.07, 6.45) is -5.06. The minimum atomic E-state index is -4.66. The number of alkyl halides is 3. The van der Waals surface area contributed by atoms with Gasteiger partial charge in [0.2, 0.25) is 0 Å². The van der Waals surface area contributed by atoms with E-state index in [1.54, 1.807) is 6.92 Å². The molecule has 1 unspecified atom stereocenters. The van der Waals surface area contributed by atoms with E-state index in [1.807, 2.05) is 4.90 Å². The molecule has 2 fully saturated rings. The number of carboxylic acids is 1. The van der Waals surface area contributed by atoms with Gasteiger partial charge >= 0.3 is 31.0 Å². The van der Waals surface area contributed by atoms with Crippen molar-refractivity contribution in [3.8, 4) is 0 Å². The molecule has 0 bridgehead atoms. The van der Waals surface area contributed by atoms with Crippen molar-refractivity contribution in [2.75, 3.05) is 18.0 Å². The van der Waals surface area contributed by atoms with Gasteiger partial charge in [-0.15, -0.1) is 0 Å². The second-order valence-electron chi connectivity index (χ2n) is 9.04. The summed E-state index contributed by atoms with van der Waals surface area (Å²) in [6, 6.07) is 1.92. The van der Waals surface area contributed by atoms with Gasteiger partial charge in [-0.05, 0) is 30.7 Å². The summed E-state index contributed by atoms with van der Waals surface area (Å²) in [5, 5.41) is 13.4. The van der Waals surface area contributed by atoms with Crippen LogP contribution in [-0.4, -0.2) is 64.9 Å². The number of aromatic amines is 1. The number of benzene rings is 1. The number of amides is 1. The van der Waals surface area contributed by atoms with Crippen LogP contribution in [0.1, 0.15) is 42.7 Å². The molecule has 15 heteroatoms. The summed E-state index contributed by atoms with van der Waals surface area (Å²) < 4.78 is 53.4. The molecule has 1 saturated carbocycles. The van der Waals surface area contributed by atoms with Gasteiger partial charge in [0.15, 0.2) is 5.13 Å². The SMILES string of the molecule is Cc1[nH]c(C(=O)NC2[C@H]3CN(c4nc(Cc5cc(C(F)(F)F)ccc5F)c(C(=O)O)s4)C[C@@H]23)c(Cl)c1Cl.[LiH]. The normalized spacial score (nSPS) is 20.2. The van der Waals surface area contributed by atoms with E-state index < -0.39 is 29.9 Å². The molecule has 3 atom stereocenters. The molecule has 1 aliphatic carbocycles. The monoisotopic (exact) mass is 584 g/mol. The molecule has 5 rings (SSSR count). The zero-order valence-electron chi connectivity index (χ0n) is 18.9. The Morgan fingerprint density at radius 1 is 1.24 bits per heavy atom. The molecule has 1 amide bonds. The molecule has 2 aliphatic rings. The van der Waals surface area contributed by atoms with E-state index in [1.165, 1.54) is 0 Å². The van der Waals surface area contributed by atoms with Crippen LogP contribution in [0.15, 0.2) is 18.2 Å². The maximum atomic E-state index is 14.3. The number of anilines is 1. The quantitative estimate of drug-likeness (QED) is 0.287. The topological polar surface area (TPSA) is 98.3 Å². The third kappa shape index (κ3) is 5.29. The van der Waals surface area contributed by atoms with Crippen LogP contribution in [0.2, 0.25) is 10.0 Å². The number of carbonyl (C=O) groups is 2. The Morgan fingerprint density at radius 2 is 1.89 bits per heavy atom. The minimum absolute atomic E-state index is 0. The van der Waals surface area contributed by atoms with Gasteiger partial charge in [0, 0.05) is 43.1 Å². The van der Waals surface area contributed by atoms with Crippen molar-refractivity contribution < 1.29 is 32.3 Å². The fourth-order valence-corrected chi connectivity index (χ4v) is 6.03. The number of aryl methyl sites for hydroxylation is 1. The van der Waals surface area contributed by atoms with Gasteiger partial charge < -0.3 is 20.3 Å². The van der Waals surface area contributed by atoms with Gasteiger partial charge in [-0.1, -0.05) is 34.5 Å². The van der Waals surface area contributed by atoms with Crippen LogP contribution in [-0.2, 0) is 12.6 Å². The number of piperidine rings is 1. The van der Waals surface area contributed by atoms with Crippen molar-refractivity contribution in [1.82, 2.24) is 15.3 Å². The number of aromatic nitrogens is 2. The molecule has 3 N–H and O–H groups in total. The number of hydrogen-bond acceptors (Lipinski definition) is 5. The zero-order chi connectivity index (χ0) is 26.8. The molecule has 0 radical (unpaired) electrons. The predicted molar refractivity (Wildman–Crippen MR) is 136 cm³/mol. The number of nitrogens with one attached hydrogen (secondary N) is 2. The number of rotatable bonds is 6. The number of carbonyl (C=O) groups excluding carboxylic acids is 1. The molecule has 1 saturated heterocycles. The molecule has 7 nitrogen and oxygen atoms in total. The van der Waals surface area contributed by atoms with E-state index in [0.717, 1.165) is 11.3 Å². The van der Waals surface area contributed by atoms with E-state index in [-0.39, 0.29) is 74.5 Å². The van der Waals surface area contributed by atoms with E-state index in [9.17, 15) is 32.3 Å². The van der Waals surface area contributed by atoms with Crippen LogP contribution in [0.5, 0.6) is 0 Å². The Labute approximate surface area is 239 Å². The molecule has 3 heterocycles. The van der Waals surface area contributed by atoms with Gasteiger partial charge in [-0.2, -0.15) is 13.2 Å². The Kier molecular flexibility index (Phi) is 7.87. The number of H-pyrrole nitrogens is 1. The van der Waals surface area contributed by atoms with Crippen LogP contribution < -0.4 is 10.2 Å². The second-order valence-corrected chi connectivity index (χ2v) is 10.8. The third-order valence-electron chi connectivity index (χ3n) is 6.65. The summed E-state index contributed by atoms with van der Waals surface area (Å²) in [6.45, 7) is 2.69. The number of carboxylic acid groups (broad SMARTS) is 1. The number of nitrogens with zero attached hydrogens (tertiary/aromatic N) is 2. The van der Waals surface area contributed by atoms with Gasteiger partial charge in [0.1, 0.15) is 16.4 Å². The molecule has 1 aromatic carbocycles. The van der Waals surface area contributed by atoms with Gasteiger partial charge in [-0.25, -0.2) is 14.2 Å². The molecular weight excluding hydrogens is 566 g/mol. The average molecular weight is 585 g/mol. The van der Waals surface area contributed by atoms with Crippen molar-refractivity contribution in [2.24, 2.45) is 11.8 Å². The van der Waals surface area contributed by atoms with Crippen LogP contribution in [0, 0.1) is 24.6 Å². The first-order chi connectivity index (χ1) is 17.3. The standard InChI is InChI=1S/C23H18Cl2F4N4O3S.Li.H/c1-8-15(24)16(25)18(30-8)20(34)32-17-11-6-33(7-12(11)17)22-31-14(19(37-22)21(35)36)5-9-4-10(23(27,28)29)2-3-13(9)26;;/h2-4,11-12,17,30H,5-7H2,1H3,(H,32,34)(H,35,36);;/t11-,12+,17?;;. The first kappa shape index (κ1) is 28.8. The molecule has 38 heavy (non-hydrogen) atoms. The Bertz CT molecular complexity index is 1420. The Morgan fingerprint density at radius 3 is 2.45 bits per heavy atom. The third-order valence-corrected chi connectivity index (χ3v) is 8.75. The van der Waals surface area contributed by atoms with Crippen molar-refractivity contribution in [3.05, 3.63) is 67.1 Å². The van der Waals surface area contributed by atoms with Crippen LogP contribution in [0.3, 0.4) is 0 Å². The molecule has 2 aromatic heterocycles. The summed E-state index contributed by atoms with van der Waals surface area (Å²) >= 11 is 13.0. The Balaban J connectivity index is 0.00000336. The van der Waals surface area contributed by atoms with E-state index in [0.29, 0.717) is 42.1 Å². The van der Waals surface area contributed by atoms with Gasteiger partial charge in [-0.3, -0.25) is 4.79 Å². The molecule has 198 valence electrons. The number of aromatic carboxylic acids is 1. The van der Waals surface area contributed by atoms with Crippen LogP contribution in [0.25, 0.3) is 0 Å². The van der Waals surface area contributed by atoms with Crippen molar-refractivity contribution in [2.45, 2.75) is 25.6 Å². The van der Waals surface area contributed by atoms with Gasteiger partial charge in [0.05, 0.1) is 21.3 Å². The van der Waals surface area contributed by atoms with E-state index >= 15 is 0 Å². The summed E-state index contributed by atoms with van der Waals surface area (Å²) in [5.74, 6) is -2.33. The summed E-state index contributed by atoms with van der Waals surface area (Å²) in [4.78, 5) is 33.3. The van der Waals surface area contributed by atoms with E-state index in [4.69, 9.17) is 23.2 Å². The summed E-state index contributed by atoms with van der Waals surface area (Å²) in [7, 11) is 0. The van der Waals surface area contributed by atoms with Crippen molar-refractivity contribution in [3.63, 3.8) is 0 Å². The summed E-state index contributed by atoms with van der Waals surface area (Å²) in [5.41, 5.74) is -0.562. The molecule has 1 aliphatic heterocycles. The molecular formula is C23H19Cl2F4LiN4O3S.